The van der Waals surface area contributed by atoms with Crippen molar-refractivity contribution < 1.29 is 13.2 Å². The van der Waals surface area contributed by atoms with Gasteiger partial charge in [-0.05, 0) is 24.6 Å². The highest BCUT2D eigenvalue weighted by atomic mass is 19.4. The zero-order valence-corrected chi connectivity index (χ0v) is 15.7. The van der Waals surface area contributed by atoms with E-state index in [2.05, 4.69) is 30.2 Å². The lowest BCUT2D eigenvalue weighted by molar-refractivity contribution is -0.137. The molecule has 0 radical (unpaired) electrons. The lowest BCUT2D eigenvalue weighted by Crippen LogP contribution is -2.11. The molecule has 0 bridgehead atoms. The molecule has 0 aliphatic heterocycles. The summed E-state index contributed by atoms with van der Waals surface area (Å²) in [4.78, 5) is 19.3. The molecule has 0 aliphatic carbocycles. The van der Waals surface area contributed by atoms with Crippen molar-refractivity contribution in [3.8, 4) is 11.3 Å². The van der Waals surface area contributed by atoms with Crippen molar-refractivity contribution in [2.45, 2.75) is 19.1 Å². The van der Waals surface area contributed by atoms with Crippen LogP contribution in [0.5, 0.6) is 0 Å². The van der Waals surface area contributed by atoms with Crippen molar-refractivity contribution in [1.29, 1.82) is 0 Å². The highest BCUT2D eigenvalue weighted by molar-refractivity contribution is 5.95. The molecule has 0 amide bonds. The zero-order valence-electron chi connectivity index (χ0n) is 15.7. The Kier molecular flexibility index (Phi) is 4.65. The summed E-state index contributed by atoms with van der Waals surface area (Å²) in [6, 6.07) is 4.32. The maximum Gasteiger partial charge on any atom is 0.417 e. The van der Waals surface area contributed by atoms with Crippen molar-refractivity contribution in [1.82, 2.24) is 24.9 Å². The van der Waals surface area contributed by atoms with Crippen molar-refractivity contribution in [2.75, 3.05) is 16.8 Å². The average Bonchev–Trinajstić information content (AvgIpc) is 3.12. The van der Waals surface area contributed by atoms with E-state index >= 15 is 0 Å². The van der Waals surface area contributed by atoms with Gasteiger partial charge in [0.15, 0.2) is 0 Å². The van der Waals surface area contributed by atoms with Gasteiger partial charge >= 0.3 is 6.18 Å². The number of aromatic nitrogens is 5. The number of alkyl halides is 3. The minimum atomic E-state index is -4.51. The van der Waals surface area contributed by atoms with E-state index in [4.69, 9.17) is 11.5 Å². The molecule has 0 saturated carbocycles. The molecule has 6 N–H and O–H groups in total. The number of H-pyrrole nitrogens is 1. The molecule has 11 heteroatoms. The van der Waals surface area contributed by atoms with Crippen LogP contribution in [0.1, 0.15) is 24.1 Å². The van der Waals surface area contributed by atoms with Crippen LogP contribution < -0.4 is 16.8 Å². The Balaban J connectivity index is 1.71. The second-order valence-corrected chi connectivity index (χ2v) is 6.70. The molecule has 4 aromatic heterocycles. The average molecular weight is 414 g/mol. The Hall–Kier alpha value is -3.89. The quantitative estimate of drug-likeness (QED) is 0.400. The Morgan fingerprint density at radius 2 is 1.87 bits per heavy atom. The van der Waals surface area contributed by atoms with Crippen LogP contribution in [0, 0.1) is 0 Å². The van der Waals surface area contributed by atoms with Gasteiger partial charge in [-0.3, -0.25) is 0 Å². The maximum absolute atomic E-state index is 13.1. The fourth-order valence-corrected chi connectivity index (χ4v) is 2.98. The summed E-state index contributed by atoms with van der Waals surface area (Å²) in [6.07, 6.45) is 0.824. The zero-order chi connectivity index (χ0) is 21.5. The third kappa shape index (κ3) is 3.69. The number of pyridine rings is 2. The first kappa shape index (κ1) is 19.4. The SMILES string of the molecule is CC(Nc1ncc(N)c(-c2c[nH]c3ncc(C(F)(F)F)cc23)n1)c1ccc(N)nc1. The molecule has 1 unspecified atom stereocenters. The van der Waals surface area contributed by atoms with Gasteiger partial charge in [0.1, 0.15) is 17.2 Å². The normalized spacial score (nSPS) is 12.8. The molecule has 0 aromatic carbocycles. The van der Waals surface area contributed by atoms with Crippen LogP contribution in [-0.2, 0) is 6.18 Å². The lowest BCUT2D eigenvalue weighted by Gasteiger charge is -2.15. The van der Waals surface area contributed by atoms with Gasteiger partial charge in [-0.2, -0.15) is 13.2 Å². The van der Waals surface area contributed by atoms with E-state index in [1.54, 1.807) is 12.3 Å². The van der Waals surface area contributed by atoms with Gasteiger partial charge in [-0.25, -0.2) is 19.9 Å². The Morgan fingerprint density at radius 3 is 2.57 bits per heavy atom. The molecule has 154 valence electrons. The fourth-order valence-electron chi connectivity index (χ4n) is 2.98. The molecular weight excluding hydrogens is 397 g/mol. The highest BCUT2D eigenvalue weighted by Gasteiger charge is 2.31. The van der Waals surface area contributed by atoms with Crippen LogP contribution in [0.25, 0.3) is 22.3 Å². The van der Waals surface area contributed by atoms with E-state index in [1.165, 1.54) is 12.4 Å². The summed E-state index contributed by atoms with van der Waals surface area (Å²) in [5.74, 6) is 0.668. The Morgan fingerprint density at radius 1 is 1.07 bits per heavy atom. The number of nitrogens with two attached hydrogens (primary N) is 2. The van der Waals surface area contributed by atoms with Crippen LogP contribution in [0.3, 0.4) is 0 Å². The van der Waals surface area contributed by atoms with Crippen LogP contribution in [0.15, 0.2) is 43.0 Å². The fraction of sp³-hybridized carbons (Fsp3) is 0.158. The third-order valence-electron chi connectivity index (χ3n) is 4.59. The van der Waals surface area contributed by atoms with Crippen molar-refractivity contribution in [3.63, 3.8) is 0 Å². The minimum Gasteiger partial charge on any atom is -0.396 e. The first-order valence-electron chi connectivity index (χ1n) is 8.87. The largest absolute Gasteiger partial charge is 0.417 e. The van der Waals surface area contributed by atoms with Gasteiger partial charge in [0.05, 0.1) is 23.5 Å². The second-order valence-electron chi connectivity index (χ2n) is 6.70. The molecule has 30 heavy (non-hydrogen) atoms. The van der Waals surface area contributed by atoms with Crippen molar-refractivity contribution in [3.05, 3.63) is 54.1 Å². The minimum absolute atomic E-state index is 0.198. The molecule has 4 rings (SSSR count). The number of halogens is 3. The van der Waals surface area contributed by atoms with E-state index in [9.17, 15) is 13.2 Å². The number of aromatic amines is 1. The first-order valence-corrected chi connectivity index (χ1v) is 8.87. The van der Waals surface area contributed by atoms with Gasteiger partial charge in [0, 0.05) is 29.5 Å². The first-order chi connectivity index (χ1) is 14.2. The number of rotatable bonds is 4. The van der Waals surface area contributed by atoms with E-state index in [0.29, 0.717) is 22.7 Å². The second kappa shape index (κ2) is 7.17. The molecule has 0 saturated heterocycles. The number of nitrogens with zero attached hydrogens (tertiary/aromatic N) is 4. The Labute approximate surface area is 168 Å². The van der Waals surface area contributed by atoms with E-state index in [-0.39, 0.29) is 23.1 Å². The van der Waals surface area contributed by atoms with Crippen molar-refractivity contribution >= 4 is 28.5 Å². The van der Waals surface area contributed by atoms with Crippen LogP contribution in [0.4, 0.5) is 30.6 Å². The van der Waals surface area contributed by atoms with E-state index in [0.717, 1.165) is 17.8 Å². The summed E-state index contributed by atoms with van der Waals surface area (Å²) in [7, 11) is 0. The number of hydrogen-bond acceptors (Lipinski definition) is 7. The lowest BCUT2D eigenvalue weighted by atomic mass is 10.1. The van der Waals surface area contributed by atoms with E-state index in [1.807, 2.05) is 13.0 Å². The number of fused-ring (bicyclic) bond motifs is 1. The topological polar surface area (TPSA) is 131 Å². The number of nitrogen functional groups attached to an aromatic ring is 2. The smallest absolute Gasteiger partial charge is 0.396 e. The maximum atomic E-state index is 13.1. The van der Waals surface area contributed by atoms with Crippen molar-refractivity contribution in [2.24, 2.45) is 0 Å². The molecule has 4 aromatic rings. The standard InChI is InChI=1S/C19H17F3N8/c1-9(10-2-3-15(24)25-5-10)29-18-28-8-14(23)16(30-18)13-7-27-17-12(13)4-11(6-26-17)19(20,21)22/h2-9H,23H2,1H3,(H2,24,25)(H,26,27)(H,28,29,30). The molecule has 0 fully saturated rings. The molecule has 8 nitrogen and oxygen atoms in total. The third-order valence-corrected chi connectivity index (χ3v) is 4.59. The highest BCUT2D eigenvalue weighted by Crippen LogP contribution is 2.35. The monoisotopic (exact) mass is 414 g/mol. The summed E-state index contributed by atoms with van der Waals surface area (Å²) >= 11 is 0. The number of nitrogens with one attached hydrogen (secondary N) is 2. The van der Waals surface area contributed by atoms with Gasteiger partial charge < -0.3 is 21.8 Å². The van der Waals surface area contributed by atoms with Crippen LogP contribution >= 0.6 is 0 Å². The van der Waals surface area contributed by atoms with Gasteiger partial charge in [0.25, 0.3) is 0 Å². The summed E-state index contributed by atoms with van der Waals surface area (Å²) in [6.45, 7) is 1.89. The van der Waals surface area contributed by atoms with Gasteiger partial charge in [-0.1, -0.05) is 6.07 Å². The Bertz CT molecular complexity index is 1200. The molecule has 1 atom stereocenters. The molecule has 0 spiro atoms. The number of hydrogen-bond donors (Lipinski definition) is 4. The molecule has 4 heterocycles. The molecular formula is C19H17F3N8. The number of anilines is 3. The summed E-state index contributed by atoms with van der Waals surface area (Å²) in [5, 5.41) is 3.39. The molecule has 0 aliphatic rings. The van der Waals surface area contributed by atoms with Gasteiger partial charge in [0.2, 0.25) is 5.95 Å². The van der Waals surface area contributed by atoms with E-state index < -0.39 is 11.7 Å². The predicted octanol–water partition coefficient (Wildman–Crippen LogP) is 3.77. The van der Waals surface area contributed by atoms with Gasteiger partial charge in [-0.15, -0.1) is 0 Å². The van der Waals surface area contributed by atoms with Crippen LogP contribution in [0.2, 0.25) is 0 Å². The predicted molar refractivity (Wildman–Crippen MR) is 107 cm³/mol. The van der Waals surface area contributed by atoms with Crippen LogP contribution in [-0.4, -0.2) is 24.9 Å². The summed E-state index contributed by atoms with van der Waals surface area (Å²) < 4.78 is 39.3. The summed E-state index contributed by atoms with van der Waals surface area (Å²) in [5.41, 5.74) is 12.8.